The lowest BCUT2D eigenvalue weighted by Crippen LogP contribution is -2.51. The van der Waals surface area contributed by atoms with Gasteiger partial charge in [0.15, 0.2) is 0 Å². The van der Waals surface area contributed by atoms with Crippen LogP contribution in [-0.4, -0.2) is 46.8 Å². The molecule has 0 aromatic carbocycles. The average Bonchev–Trinajstić information content (AvgIpc) is 2.54. The van der Waals surface area contributed by atoms with Crippen molar-refractivity contribution in [1.29, 1.82) is 0 Å². The van der Waals surface area contributed by atoms with Crippen LogP contribution < -0.4 is 0 Å². The molecule has 4 heteroatoms. The molecule has 4 nitrogen and oxygen atoms in total. The van der Waals surface area contributed by atoms with E-state index >= 15 is 0 Å². The van der Waals surface area contributed by atoms with Gasteiger partial charge in [-0.05, 0) is 31.8 Å². The van der Waals surface area contributed by atoms with Crippen LogP contribution in [0.3, 0.4) is 0 Å². The second kappa shape index (κ2) is 14.3. The molecule has 0 bridgehead atoms. The highest BCUT2D eigenvalue weighted by Crippen LogP contribution is 2.18. The number of aliphatic carboxylic acids is 1. The van der Waals surface area contributed by atoms with Gasteiger partial charge in [0, 0.05) is 6.42 Å². The SMILES string of the molecule is CCCCC/C=C(\O)C[N+](CCCC)(CCCC)CCCC(=O)O. The minimum absolute atomic E-state index is 0.221. The maximum absolute atomic E-state index is 10.9. The highest BCUT2D eigenvalue weighted by Gasteiger charge is 2.27. The summed E-state index contributed by atoms with van der Waals surface area (Å²) in [7, 11) is 0. The summed E-state index contributed by atoms with van der Waals surface area (Å²) in [6.07, 6.45) is 11.9. The zero-order chi connectivity index (χ0) is 18.3. The second-order valence-corrected chi connectivity index (χ2v) is 7.07. The molecule has 142 valence electrons. The number of nitrogens with zero attached hydrogens (tertiary/aromatic N) is 1. The van der Waals surface area contributed by atoms with E-state index in [0.29, 0.717) is 18.7 Å². The quantitative estimate of drug-likeness (QED) is 0.228. The number of aliphatic hydroxyl groups excluding tert-OH is 1. The molecule has 0 aromatic heterocycles. The average molecular weight is 343 g/mol. The Labute approximate surface area is 149 Å². The Morgan fingerprint density at radius 2 is 1.38 bits per heavy atom. The Bertz CT molecular complexity index is 345. The van der Waals surface area contributed by atoms with Gasteiger partial charge in [-0.3, -0.25) is 4.79 Å². The zero-order valence-electron chi connectivity index (χ0n) is 16.2. The predicted molar refractivity (Wildman–Crippen MR) is 101 cm³/mol. The van der Waals surface area contributed by atoms with Crippen LogP contribution in [0.1, 0.15) is 85.0 Å². The van der Waals surface area contributed by atoms with Crippen LogP contribution in [0.2, 0.25) is 0 Å². The lowest BCUT2D eigenvalue weighted by atomic mass is 10.1. The predicted octanol–water partition coefficient (Wildman–Crippen LogP) is 5.29. The fourth-order valence-corrected chi connectivity index (χ4v) is 3.20. The van der Waals surface area contributed by atoms with Gasteiger partial charge >= 0.3 is 5.97 Å². The number of rotatable bonds is 16. The molecule has 0 saturated carbocycles. The van der Waals surface area contributed by atoms with Gasteiger partial charge in [-0.15, -0.1) is 0 Å². The van der Waals surface area contributed by atoms with Crippen molar-refractivity contribution in [3.8, 4) is 0 Å². The molecule has 0 aliphatic rings. The molecule has 0 saturated heterocycles. The summed E-state index contributed by atoms with van der Waals surface area (Å²) in [6, 6.07) is 0. The van der Waals surface area contributed by atoms with Gasteiger partial charge in [0.1, 0.15) is 12.3 Å². The molecule has 0 rings (SSSR count). The Morgan fingerprint density at radius 3 is 1.88 bits per heavy atom. The first-order valence-corrected chi connectivity index (χ1v) is 9.94. The first kappa shape index (κ1) is 23.0. The number of unbranched alkanes of at least 4 members (excludes halogenated alkanes) is 5. The van der Waals surface area contributed by atoms with Gasteiger partial charge in [-0.25, -0.2) is 0 Å². The van der Waals surface area contributed by atoms with Crippen LogP contribution in [-0.2, 0) is 4.79 Å². The maximum Gasteiger partial charge on any atom is 0.303 e. The fraction of sp³-hybridized carbons (Fsp3) is 0.850. The van der Waals surface area contributed by atoms with Gasteiger partial charge in [-0.1, -0.05) is 46.5 Å². The van der Waals surface area contributed by atoms with Crippen LogP contribution in [0, 0.1) is 0 Å². The van der Waals surface area contributed by atoms with E-state index in [2.05, 4.69) is 20.8 Å². The standard InChI is InChI=1S/C20H39NO3/c1-4-7-10-11-13-19(22)18-21(15-8-5-2,16-9-6-3)17-12-14-20(23)24/h13H,4-12,14-18H2,1-3H3,(H-,22,23,24)/p+1/b19-13-. The Morgan fingerprint density at radius 1 is 0.833 bits per heavy atom. The lowest BCUT2D eigenvalue weighted by Gasteiger charge is -2.39. The Balaban J connectivity index is 4.88. The molecule has 0 spiro atoms. The molecular weight excluding hydrogens is 302 g/mol. The highest BCUT2D eigenvalue weighted by atomic mass is 16.4. The van der Waals surface area contributed by atoms with E-state index in [1.165, 1.54) is 12.8 Å². The third-order valence-corrected chi connectivity index (χ3v) is 4.68. The first-order chi connectivity index (χ1) is 11.5. The number of hydrogen-bond donors (Lipinski definition) is 2. The molecule has 0 aliphatic carbocycles. The molecule has 2 N–H and O–H groups in total. The number of carboxylic acid groups (broad SMARTS) is 1. The van der Waals surface area contributed by atoms with Gasteiger partial charge in [-0.2, -0.15) is 0 Å². The molecule has 0 unspecified atom stereocenters. The fourth-order valence-electron chi connectivity index (χ4n) is 3.20. The molecule has 0 fully saturated rings. The first-order valence-electron chi connectivity index (χ1n) is 9.94. The monoisotopic (exact) mass is 342 g/mol. The van der Waals surface area contributed by atoms with E-state index in [4.69, 9.17) is 5.11 Å². The van der Waals surface area contributed by atoms with E-state index in [9.17, 15) is 9.90 Å². The van der Waals surface area contributed by atoms with Crippen molar-refractivity contribution < 1.29 is 19.5 Å². The van der Waals surface area contributed by atoms with Gasteiger partial charge in [0.2, 0.25) is 0 Å². The maximum atomic E-state index is 10.9. The van der Waals surface area contributed by atoms with Crippen LogP contribution in [0.4, 0.5) is 0 Å². The third-order valence-electron chi connectivity index (χ3n) is 4.68. The number of carboxylic acids is 1. The summed E-state index contributed by atoms with van der Waals surface area (Å²) in [5.41, 5.74) is 0. The van der Waals surface area contributed by atoms with Crippen molar-refractivity contribution >= 4 is 5.97 Å². The summed E-state index contributed by atoms with van der Waals surface area (Å²) >= 11 is 0. The number of quaternary nitrogens is 1. The van der Waals surface area contributed by atoms with Crippen LogP contribution >= 0.6 is 0 Å². The normalized spacial score (nSPS) is 12.5. The van der Waals surface area contributed by atoms with Crippen molar-refractivity contribution in [2.45, 2.75) is 85.0 Å². The minimum atomic E-state index is -0.724. The van der Waals surface area contributed by atoms with E-state index in [0.717, 1.165) is 62.6 Å². The molecule has 24 heavy (non-hydrogen) atoms. The lowest BCUT2D eigenvalue weighted by molar-refractivity contribution is -0.925. The minimum Gasteiger partial charge on any atom is -0.507 e. The smallest absolute Gasteiger partial charge is 0.303 e. The summed E-state index contributed by atoms with van der Waals surface area (Å²) in [5, 5.41) is 19.4. The van der Waals surface area contributed by atoms with E-state index in [1.54, 1.807) is 0 Å². The summed E-state index contributed by atoms with van der Waals surface area (Å²) < 4.78 is 0.838. The number of hydrogen-bond acceptors (Lipinski definition) is 2. The summed E-state index contributed by atoms with van der Waals surface area (Å²) in [6.45, 7) is 10.1. The molecule has 0 amide bonds. The van der Waals surface area contributed by atoms with E-state index < -0.39 is 5.97 Å². The van der Waals surface area contributed by atoms with Crippen molar-refractivity contribution in [3.05, 3.63) is 11.8 Å². The second-order valence-electron chi connectivity index (χ2n) is 7.07. The molecular formula is C20H40NO3+. The molecule has 0 aliphatic heterocycles. The van der Waals surface area contributed by atoms with E-state index in [-0.39, 0.29) is 6.42 Å². The molecule has 0 aromatic rings. The van der Waals surface area contributed by atoms with Gasteiger partial charge < -0.3 is 14.7 Å². The van der Waals surface area contributed by atoms with Gasteiger partial charge in [0.05, 0.1) is 26.1 Å². The van der Waals surface area contributed by atoms with Crippen molar-refractivity contribution in [2.24, 2.45) is 0 Å². The Hall–Kier alpha value is -1.03. The summed E-state index contributed by atoms with van der Waals surface area (Å²) in [5.74, 6) is -0.230. The number of aliphatic hydroxyl groups is 1. The topological polar surface area (TPSA) is 57.5 Å². The number of allylic oxidation sites excluding steroid dienone is 1. The zero-order valence-corrected chi connectivity index (χ0v) is 16.2. The van der Waals surface area contributed by atoms with Crippen LogP contribution in [0.5, 0.6) is 0 Å². The molecule has 0 atom stereocenters. The largest absolute Gasteiger partial charge is 0.507 e. The highest BCUT2D eigenvalue weighted by molar-refractivity contribution is 5.66. The summed E-state index contributed by atoms with van der Waals surface area (Å²) in [4.78, 5) is 10.9. The van der Waals surface area contributed by atoms with Crippen molar-refractivity contribution in [3.63, 3.8) is 0 Å². The van der Waals surface area contributed by atoms with Crippen LogP contribution in [0.25, 0.3) is 0 Å². The molecule has 0 heterocycles. The van der Waals surface area contributed by atoms with E-state index in [1.807, 2.05) is 6.08 Å². The third kappa shape index (κ3) is 11.5. The van der Waals surface area contributed by atoms with Crippen molar-refractivity contribution in [2.75, 3.05) is 26.2 Å². The van der Waals surface area contributed by atoms with Crippen molar-refractivity contribution in [1.82, 2.24) is 0 Å². The van der Waals surface area contributed by atoms with Gasteiger partial charge in [0.25, 0.3) is 0 Å². The van der Waals surface area contributed by atoms with Crippen LogP contribution in [0.15, 0.2) is 11.8 Å². The Kier molecular flexibility index (Phi) is 13.7. The number of carbonyl (C=O) groups is 1. The molecule has 0 radical (unpaired) electrons.